The molecule has 1 aromatic heterocycles. The van der Waals surface area contributed by atoms with E-state index in [1.165, 1.54) is 0 Å². The van der Waals surface area contributed by atoms with Crippen molar-refractivity contribution in [2.75, 3.05) is 12.4 Å². The molecule has 0 atom stereocenters. The summed E-state index contributed by atoms with van der Waals surface area (Å²) in [4.78, 5) is 12.3. The Kier molecular flexibility index (Phi) is 4.84. The molecular weight excluding hydrogens is 316 g/mol. The van der Waals surface area contributed by atoms with E-state index in [0.717, 1.165) is 28.1 Å². The minimum absolute atomic E-state index is 0.127. The van der Waals surface area contributed by atoms with Crippen molar-refractivity contribution in [1.82, 2.24) is 5.16 Å². The van der Waals surface area contributed by atoms with Crippen LogP contribution in [0.25, 0.3) is 11.3 Å². The monoisotopic (exact) mass is 336 g/mol. The molecule has 5 nitrogen and oxygen atoms in total. The average Bonchev–Trinajstić information content (AvgIpc) is 3.06. The number of aryl methyl sites for hydroxylation is 2. The predicted molar refractivity (Wildman–Crippen MR) is 96.7 cm³/mol. The number of benzene rings is 2. The van der Waals surface area contributed by atoms with Crippen molar-refractivity contribution >= 4 is 11.6 Å². The molecule has 1 N–H and O–H groups in total. The standard InChI is InChI=1S/C20H20N2O3/c1-13-7-8-18(14(2)9-13)21-20(23)12-16-11-19(25-22-16)15-5-4-6-17(10-15)24-3/h4-11H,12H2,1-3H3,(H,21,23). The average molecular weight is 336 g/mol. The van der Waals surface area contributed by atoms with Crippen LogP contribution >= 0.6 is 0 Å². The second-order valence-electron chi connectivity index (χ2n) is 5.96. The van der Waals surface area contributed by atoms with Crippen LogP contribution in [0.15, 0.2) is 53.1 Å². The predicted octanol–water partition coefficient (Wildman–Crippen LogP) is 4.15. The van der Waals surface area contributed by atoms with E-state index in [9.17, 15) is 4.79 Å². The Balaban J connectivity index is 1.69. The first-order valence-corrected chi connectivity index (χ1v) is 8.02. The Morgan fingerprint density at radius 3 is 2.76 bits per heavy atom. The molecule has 128 valence electrons. The summed E-state index contributed by atoms with van der Waals surface area (Å²) in [6.07, 6.45) is 0.154. The van der Waals surface area contributed by atoms with Crippen molar-refractivity contribution in [3.63, 3.8) is 0 Å². The Morgan fingerprint density at radius 1 is 1.16 bits per heavy atom. The molecule has 0 saturated carbocycles. The zero-order valence-corrected chi connectivity index (χ0v) is 14.5. The number of nitrogens with zero attached hydrogens (tertiary/aromatic N) is 1. The molecule has 1 heterocycles. The topological polar surface area (TPSA) is 64.4 Å². The number of nitrogens with one attached hydrogen (secondary N) is 1. The van der Waals surface area contributed by atoms with Crippen molar-refractivity contribution in [1.29, 1.82) is 0 Å². The van der Waals surface area contributed by atoms with Crippen molar-refractivity contribution in [3.8, 4) is 17.1 Å². The highest BCUT2D eigenvalue weighted by Crippen LogP contribution is 2.24. The largest absolute Gasteiger partial charge is 0.497 e. The van der Waals surface area contributed by atoms with E-state index in [-0.39, 0.29) is 12.3 Å². The fraction of sp³-hybridized carbons (Fsp3) is 0.200. The van der Waals surface area contributed by atoms with Crippen LogP contribution in [0.3, 0.4) is 0 Å². The molecule has 3 rings (SSSR count). The van der Waals surface area contributed by atoms with Gasteiger partial charge in [0.1, 0.15) is 5.75 Å². The summed E-state index contributed by atoms with van der Waals surface area (Å²) in [7, 11) is 1.61. The lowest BCUT2D eigenvalue weighted by molar-refractivity contribution is -0.115. The second kappa shape index (κ2) is 7.21. The van der Waals surface area contributed by atoms with Crippen molar-refractivity contribution in [2.24, 2.45) is 0 Å². The van der Waals surface area contributed by atoms with Crippen LogP contribution in [0.1, 0.15) is 16.8 Å². The van der Waals surface area contributed by atoms with Gasteiger partial charge in [-0.25, -0.2) is 0 Å². The second-order valence-corrected chi connectivity index (χ2v) is 5.96. The number of carbonyl (C=O) groups excluding carboxylic acids is 1. The molecule has 0 radical (unpaired) electrons. The smallest absolute Gasteiger partial charge is 0.230 e. The number of hydrogen-bond donors (Lipinski definition) is 1. The third-order valence-corrected chi connectivity index (χ3v) is 3.91. The third-order valence-electron chi connectivity index (χ3n) is 3.91. The van der Waals surface area contributed by atoms with Gasteiger partial charge in [0.05, 0.1) is 19.2 Å². The van der Waals surface area contributed by atoms with E-state index in [0.29, 0.717) is 11.5 Å². The number of anilines is 1. The van der Waals surface area contributed by atoms with Crippen LogP contribution < -0.4 is 10.1 Å². The molecule has 0 aliphatic heterocycles. The van der Waals surface area contributed by atoms with Crippen LogP contribution in [0.2, 0.25) is 0 Å². The summed E-state index contributed by atoms with van der Waals surface area (Å²) in [5.74, 6) is 1.22. The van der Waals surface area contributed by atoms with Gasteiger partial charge in [0, 0.05) is 17.3 Å². The van der Waals surface area contributed by atoms with Gasteiger partial charge in [-0.1, -0.05) is 35.0 Å². The number of ether oxygens (including phenoxy) is 1. The van der Waals surface area contributed by atoms with E-state index in [1.807, 2.05) is 56.3 Å². The van der Waals surface area contributed by atoms with Crippen molar-refractivity contribution in [2.45, 2.75) is 20.3 Å². The van der Waals surface area contributed by atoms with E-state index in [2.05, 4.69) is 10.5 Å². The molecule has 3 aromatic rings. The normalized spacial score (nSPS) is 10.5. The van der Waals surface area contributed by atoms with Crippen molar-refractivity contribution in [3.05, 3.63) is 65.4 Å². The Bertz CT molecular complexity index is 899. The molecule has 2 aromatic carbocycles. The summed E-state index contributed by atoms with van der Waals surface area (Å²) >= 11 is 0. The molecular formula is C20H20N2O3. The third kappa shape index (κ3) is 4.07. The lowest BCUT2D eigenvalue weighted by Crippen LogP contribution is -2.15. The fourth-order valence-electron chi connectivity index (χ4n) is 2.62. The number of carbonyl (C=O) groups is 1. The van der Waals surface area contributed by atoms with E-state index in [1.54, 1.807) is 13.2 Å². The lowest BCUT2D eigenvalue weighted by atomic mass is 10.1. The van der Waals surface area contributed by atoms with Crippen LogP contribution in [0.4, 0.5) is 5.69 Å². The fourth-order valence-corrected chi connectivity index (χ4v) is 2.62. The summed E-state index contributed by atoms with van der Waals surface area (Å²) in [5.41, 5.74) is 4.44. The molecule has 0 aliphatic carbocycles. The van der Waals surface area contributed by atoms with Crippen LogP contribution in [-0.2, 0) is 11.2 Å². The van der Waals surface area contributed by atoms with Crippen LogP contribution in [-0.4, -0.2) is 18.2 Å². The zero-order chi connectivity index (χ0) is 17.8. The minimum atomic E-state index is -0.127. The maximum Gasteiger partial charge on any atom is 0.230 e. The van der Waals surface area contributed by atoms with Gasteiger partial charge in [-0.15, -0.1) is 0 Å². The maximum atomic E-state index is 12.3. The Morgan fingerprint density at radius 2 is 2.00 bits per heavy atom. The quantitative estimate of drug-likeness (QED) is 0.760. The van der Waals surface area contributed by atoms with E-state index >= 15 is 0 Å². The molecule has 5 heteroatoms. The summed E-state index contributed by atoms with van der Waals surface area (Å²) < 4.78 is 10.6. The van der Waals surface area contributed by atoms with Gasteiger partial charge in [-0.3, -0.25) is 4.79 Å². The molecule has 25 heavy (non-hydrogen) atoms. The van der Waals surface area contributed by atoms with Gasteiger partial charge in [-0.2, -0.15) is 0 Å². The molecule has 0 unspecified atom stereocenters. The van der Waals surface area contributed by atoms with Gasteiger partial charge in [0.2, 0.25) is 5.91 Å². The highest BCUT2D eigenvalue weighted by molar-refractivity contribution is 5.92. The first-order valence-electron chi connectivity index (χ1n) is 8.02. The summed E-state index contributed by atoms with van der Waals surface area (Å²) in [6, 6.07) is 15.2. The van der Waals surface area contributed by atoms with Gasteiger partial charge < -0.3 is 14.6 Å². The number of methoxy groups -OCH3 is 1. The zero-order valence-electron chi connectivity index (χ0n) is 14.5. The number of aromatic nitrogens is 1. The van der Waals surface area contributed by atoms with Gasteiger partial charge in [0.25, 0.3) is 0 Å². The number of hydrogen-bond acceptors (Lipinski definition) is 4. The SMILES string of the molecule is COc1cccc(-c2cc(CC(=O)Nc3ccc(C)cc3C)no2)c1. The maximum absolute atomic E-state index is 12.3. The molecule has 0 aliphatic rings. The molecule has 0 saturated heterocycles. The van der Waals surface area contributed by atoms with Gasteiger partial charge in [0.15, 0.2) is 5.76 Å². The first kappa shape index (κ1) is 16.8. The van der Waals surface area contributed by atoms with Crippen molar-refractivity contribution < 1.29 is 14.1 Å². The number of amides is 1. The summed E-state index contributed by atoms with van der Waals surface area (Å²) in [6.45, 7) is 3.99. The Hall–Kier alpha value is -3.08. The first-order chi connectivity index (χ1) is 12.0. The molecule has 1 amide bonds. The van der Waals surface area contributed by atoms with E-state index < -0.39 is 0 Å². The summed E-state index contributed by atoms with van der Waals surface area (Å²) in [5, 5.41) is 6.90. The number of rotatable bonds is 5. The van der Waals surface area contributed by atoms with Gasteiger partial charge in [-0.05, 0) is 37.6 Å². The van der Waals surface area contributed by atoms with Gasteiger partial charge >= 0.3 is 0 Å². The highest BCUT2D eigenvalue weighted by atomic mass is 16.5. The van der Waals surface area contributed by atoms with Crippen LogP contribution in [0, 0.1) is 13.8 Å². The molecule has 0 bridgehead atoms. The lowest BCUT2D eigenvalue weighted by Gasteiger charge is -2.08. The Labute approximate surface area is 146 Å². The molecule has 0 fully saturated rings. The molecule has 0 spiro atoms. The van der Waals surface area contributed by atoms with E-state index in [4.69, 9.17) is 9.26 Å². The van der Waals surface area contributed by atoms with Crippen LogP contribution in [0.5, 0.6) is 5.75 Å². The highest BCUT2D eigenvalue weighted by Gasteiger charge is 2.12. The minimum Gasteiger partial charge on any atom is -0.497 e.